The van der Waals surface area contributed by atoms with Crippen molar-refractivity contribution in [2.75, 3.05) is 24.2 Å². The second-order valence-electron chi connectivity index (χ2n) is 4.85. The van der Waals surface area contributed by atoms with Crippen LogP contribution in [0, 0.1) is 0 Å². The largest absolute Gasteiger partial charge is 0.399 e. The maximum Gasteiger partial charge on any atom is 0.265 e. The molecule has 1 saturated heterocycles. The number of halogens is 2. The van der Waals surface area contributed by atoms with Gasteiger partial charge in [-0.1, -0.05) is 0 Å². The molecule has 3 nitrogen and oxygen atoms in total. The summed E-state index contributed by atoms with van der Waals surface area (Å²) < 4.78 is 31.3. The van der Waals surface area contributed by atoms with E-state index in [4.69, 9.17) is 10.5 Å². The van der Waals surface area contributed by atoms with Gasteiger partial charge in [-0.3, -0.25) is 0 Å². The van der Waals surface area contributed by atoms with Gasteiger partial charge in [0.1, 0.15) is 0 Å². The SMILES string of the molecule is Nc1ccc(NCCC2CCCCO2)c(C(F)F)c1. The Morgan fingerprint density at radius 1 is 1.37 bits per heavy atom. The molecule has 0 aliphatic carbocycles. The van der Waals surface area contributed by atoms with Crippen LogP contribution < -0.4 is 11.1 Å². The van der Waals surface area contributed by atoms with Gasteiger partial charge in [-0.2, -0.15) is 0 Å². The molecule has 0 amide bonds. The Morgan fingerprint density at radius 3 is 2.89 bits per heavy atom. The van der Waals surface area contributed by atoms with Crippen molar-refractivity contribution in [3.8, 4) is 0 Å². The van der Waals surface area contributed by atoms with E-state index < -0.39 is 6.43 Å². The molecule has 19 heavy (non-hydrogen) atoms. The lowest BCUT2D eigenvalue weighted by Gasteiger charge is -2.23. The van der Waals surface area contributed by atoms with E-state index in [1.807, 2.05) is 0 Å². The van der Waals surface area contributed by atoms with Gasteiger partial charge < -0.3 is 15.8 Å². The van der Waals surface area contributed by atoms with Gasteiger partial charge in [-0.25, -0.2) is 8.78 Å². The minimum absolute atomic E-state index is 0.0374. The maximum atomic E-state index is 12.9. The highest BCUT2D eigenvalue weighted by Crippen LogP contribution is 2.29. The average molecular weight is 270 g/mol. The van der Waals surface area contributed by atoms with E-state index in [-0.39, 0.29) is 11.7 Å². The highest BCUT2D eigenvalue weighted by Gasteiger charge is 2.15. The lowest BCUT2D eigenvalue weighted by atomic mass is 10.1. The van der Waals surface area contributed by atoms with Gasteiger partial charge >= 0.3 is 0 Å². The molecule has 106 valence electrons. The summed E-state index contributed by atoms with van der Waals surface area (Å²) in [6.45, 7) is 1.45. The Bertz CT molecular complexity index is 406. The Labute approximate surface area is 112 Å². The van der Waals surface area contributed by atoms with Crippen LogP contribution in [0.15, 0.2) is 18.2 Å². The smallest absolute Gasteiger partial charge is 0.265 e. The maximum absolute atomic E-state index is 12.9. The zero-order valence-electron chi connectivity index (χ0n) is 10.9. The number of nitrogen functional groups attached to an aromatic ring is 1. The molecular formula is C14H20F2N2O. The predicted octanol–water partition coefficient (Wildman–Crippen LogP) is 3.58. The van der Waals surface area contributed by atoms with Crippen LogP contribution in [0.3, 0.4) is 0 Å². The van der Waals surface area contributed by atoms with Crippen molar-refractivity contribution in [3.63, 3.8) is 0 Å². The van der Waals surface area contributed by atoms with E-state index in [0.29, 0.717) is 17.9 Å². The molecule has 0 radical (unpaired) electrons. The Kier molecular flexibility index (Phi) is 4.96. The van der Waals surface area contributed by atoms with Crippen molar-refractivity contribution in [2.45, 2.75) is 38.2 Å². The summed E-state index contributed by atoms with van der Waals surface area (Å²) in [5, 5.41) is 3.05. The molecule has 1 unspecified atom stereocenters. The number of hydrogen-bond donors (Lipinski definition) is 2. The van der Waals surface area contributed by atoms with Crippen LogP contribution in [0.4, 0.5) is 20.2 Å². The van der Waals surface area contributed by atoms with E-state index >= 15 is 0 Å². The van der Waals surface area contributed by atoms with Crippen molar-refractivity contribution in [1.29, 1.82) is 0 Å². The molecule has 1 aliphatic heterocycles. The molecule has 1 aliphatic rings. The highest BCUT2D eigenvalue weighted by molar-refractivity contribution is 5.58. The summed E-state index contributed by atoms with van der Waals surface area (Å²) in [6, 6.07) is 4.56. The van der Waals surface area contributed by atoms with Crippen molar-refractivity contribution in [2.24, 2.45) is 0 Å². The molecule has 1 fully saturated rings. The highest BCUT2D eigenvalue weighted by atomic mass is 19.3. The van der Waals surface area contributed by atoms with Gasteiger partial charge in [-0.15, -0.1) is 0 Å². The molecule has 2 rings (SSSR count). The van der Waals surface area contributed by atoms with Gasteiger partial charge in [0.2, 0.25) is 0 Å². The standard InChI is InChI=1S/C14H20F2N2O/c15-14(16)12-9-10(17)4-5-13(12)18-7-6-11-3-1-2-8-19-11/h4-5,9,11,14,18H,1-3,6-8,17H2. The summed E-state index contributed by atoms with van der Waals surface area (Å²) in [6.07, 6.45) is 1.95. The van der Waals surface area contributed by atoms with Crippen LogP contribution in [0.5, 0.6) is 0 Å². The third-order valence-corrected chi connectivity index (χ3v) is 3.37. The first kappa shape index (κ1) is 14.1. The van der Waals surface area contributed by atoms with E-state index in [2.05, 4.69) is 5.32 Å². The zero-order valence-corrected chi connectivity index (χ0v) is 10.9. The monoisotopic (exact) mass is 270 g/mol. The first-order valence-electron chi connectivity index (χ1n) is 6.70. The number of rotatable bonds is 5. The van der Waals surface area contributed by atoms with Crippen LogP contribution in [-0.2, 0) is 4.74 Å². The van der Waals surface area contributed by atoms with Crippen molar-refractivity contribution in [3.05, 3.63) is 23.8 Å². The first-order valence-corrected chi connectivity index (χ1v) is 6.70. The number of nitrogens with two attached hydrogens (primary N) is 1. The van der Waals surface area contributed by atoms with Crippen molar-refractivity contribution in [1.82, 2.24) is 0 Å². The molecule has 0 bridgehead atoms. The fourth-order valence-electron chi connectivity index (χ4n) is 2.33. The number of alkyl halides is 2. The quantitative estimate of drug-likeness (QED) is 0.804. The minimum atomic E-state index is -2.52. The topological polar surface area (TPSA) is 47.3 Å². The van der Waals surface area contributed by atoms with E-state index in [1.165, 1.54) is 12.5 Å². The lowest BCUT2D eigenvalue weighted by Crippen LogP contribution is -2.22. The van der Waals surface area contributed by atoms with Gasteiger partial charge in [0.05, 0.1) is 6.10 Å². The Hall–Kier alpha value is -1.36. The summed E-state index contributed by atoms with van der Waals surface area (Å²) >= 11 is 0. The second kappa shape index (κ2) is 6.70. The number of benzene rings is 1. The molecule has 1 heterocycles. The first-order chi connectivity index (χ1) is 9.16. The van der Waals surface area contributed by atoms with Gasteiger partial charge in [0.25, 0.3) is 6.43 Å². The number of nitrogens with one attached hydrogen (secondary N) is 1. The third kappa shape index (κ3) is 4.06. The molecule has 1 aromatic rings. The van der Waals surface area contributed by atoms with Crippen LogP contribution in [0.2, 0.25) is 0 Å². The zero-order chi connectivity index (χ0) is 13.7. The predicted molar refractivity (Wildman–Crippen MR) is 72.5 cm³/mol. The van der Waals surface area contributed by atoms with Gasteiger partial charge in [0.15, 0.2) is 0 Å². The van der Waals surface area contributed by atoms with Gasteiger partial charge in [-0.05, 0) is 43.9 Å². The molecule has 1 aromatic carbocycles. The Morgan fingerprint density at radius 2 is 2.21 bits per heavy atom. The van der Waals surface area contributed by atoms with Crippen LogP contribution >= 0.6 is 0 Å². The van der Waals surface area contributed by atoms with Crippen molar-refractivity contribution < 1.29 is 13.5 Å². The van der Waals surface area contributed by atoms with Crippen molar-refractivity contribution >= 4 is 11.4 Å². The number of anilines is 2. The summed E-state index contributed by atoms with van der Waals surface area (Å²) in [5.74, 6) is 0. The Balaban J connectivity index is 1.88. The van der Waals surface area contributed by atoms with Crippen LogP contribution in [0.1, 0.15) is 37.7 Å². The normalized spacial score (nSPS) is 19.6. The molecule has 3 N–H and O–H groups in total. The fraction of sp³-hybridized carbons (Fsp3) is 0.571. The van der Waals surface area contributed by atoms with Crippen LogP contribution in [-0.4, -0.2) is 19.3 Å². The molecule has 5 heteroatoms. The molecule has 0 spiro atoms. The van der Waals surface area contributed by atoms with Gasteiger partial charge in [0, 0.05) is 30.1 Å². The summed E-state index contributed by atoms with van der Waals surface area (Å²) in [4.78, 5) is 0. The van der Waals surface area contributed by atoms with E-state index in [0.717, 1.165) is 25.9 Å². The molecule has 1 atom stereocenters. The number of hydrogen-bond acceptors (Lipinski definition) is 3. The number of ether oxygens (including phenoxy) is 1. The third-order valence-electron chi connectivity index (χ3n) is 3.37. The average Bonchev–Trinajstić information content (AvgIpc) is 2.41. The molecular weight excluding hydrogens is 250 g/mol. The van der Waals surface area contributed by atoms with E-state index in [9.17, 15) is 8.78 Å². The van der Waals surface area contributed by atoms with E-state index in [1.54, 1.807) is 12.1 Å². The minimum Gasteiger partial charge on any atom is -0.399 e. The summed E-state index contributed by atoms with van der Waals surface area (Å²) in [5.41, 5.74) is 6.31. The molecule has 0 saturated carbocycles. The molecule has 0 aromatic heterocycles. The van der Waals surface area contributed by atoms with Crippen LogP contribution in [0.25, 0.3) is 0 Å². The lowest BCUT2D eigenvalue weighted by molar-refractivity contribution is 0.0134. The second-order valence-corrected chi connectivity index (χ2v) is 4.85. The summed E-state index contributed by atoms with van der Waals surface area (Å²) in [7, 11) is 0. The fourth-order valence-corrected chi connectivity index (χ4v) is 2.33.